The number of nitrogens with zero attached hydrogens (tertiary/aromatic N) is 1. The predicted molar refractivity (Wildman–Crippen MR) is 84.5 cm³/mol. The van der Waals surface area contributed by atoms with Gasteiger partial charge in [-0.2, -0.15) is 0 Å². The average molecular weight is 266 g/mol. The molecule has 2 unspecified atom stereocenters. The second kappa shape index (κ2) is 4.69. The summed E-state index contributed by atoms with van der Waals surface area (Å²) < 4.78 is 2.64. The summed E-state index contributed by atoms with van der Waals surface area (Å²) in [5, 5.41) is 4.81. The molecule has 0 radical (unpaired) electrons. The lowest BCUT2D eigenvalue weighted by molar-refractivity contribution is 0.283. The molecule has 1 fully saturated rings. The Kier molecular flexibility index (Phi) is 2.83. The first-order chi connectivity index (χ1) is 9.84. The van der Waals surface area contributed by atoms with Crippen LogP contribution in [0.3, 0.4) is 0 Å². The highest BCUT2D eigenvalue weighted by Crippen LogP contribution is 2.39. The lowest BCUT2D eigenvalue weighted by Gasteiger charge is -2.30. The second-order valence-electron chi connectivity index (χ2n) is 6.39. The van der Waals surface area contributed by atoms with Crippen LogP contribution in [0.1, 0.15) is 49.9 Å². The van der Waals surface area contributed by atoms with Crippen molar-refractivity contribution in [3.8, 4) is 0 Å². The van der Waals surface area contributed by atoms with Gasteiger partial charge in [0.1, 0.15) is 0 Å². The van der Waals surface area contributed by atoms with Crippen LogP contribution in [0.4, 0.5) is 0 Å². The zero-order valence-electron chi connectivity index (χ0n) is 12.1. The Bertz CT molecular complexity index is 665. The third-order valence-corrected chi connectivity index (χ3v) is 4.97. The van der Waals surface area contributed by atoms with E-state index in [2.05, 4.69) is 53.3 Å². The number of benzene rings is 1. The largest absolute Gasteiger partial charge is 0.385 e. The monoisotopic (exact) mass is 266 g/mol. The fraction of sp³-hybridized carbons (Fsp3) is 0.444. The Morgan fingerprint density at radius 1 is 1.20 bits per heavy atom. The molecule has 1 aliphatic carbocycles. The first-order valence-corrected chi connectivity index (χ1v) is 7.86. The highest BCUT2D eigenvalue weighted by atomic mass is 15.1. The smallest absolute Gasteiger partial charge is 0.0554 e. The lowest BCUT2D eigenvalue weighted by Crippen LogP contribution is -2.22. The molecule has 20 heavy (non-hydrogen) atoms. The molecular formula is C18H22N2. The summed E-state index contributed by atoms with van der Waals surface area (Å²) in [7, 11) is 0. The summed E-state index contributed by atoms with van der Waals surface area (Å²) >= 11 is 0. The van der Waals surface area contributed by atoms with Gasteiger partial charge in [-0.3, -0.25) is 0 Å². The van der Waals surface area contributed by atoms with Gasteiger partial charge in [0.2, 0.25) is 0 Å². The van der Waals surface area contributed by atoms with Crippen LogP contribution in [-0.2, 0) is 6.54 Å². The highest BCUT2D eigenvalue weighted by molar-refractivity contribution is 5.91. The SMILES string of the molecule is CC1CCCC(n2c3c(c4ccccc42)C=CNC3)C1. The van der Waals surface area contributed by atoms with Crippen molar-refractivity contribution in [3.63, 3.8) is 0 Å². The van der Waals surface area contributed by atoms with Crippen LogP contribution in [0.5, 0.6) is 0 Å². The van der Waals surface area contributed by atoms with E-state index in [0.717, 1.165) is 12.5 Å². The summed E-state index contributed by atoms with van der Waals surface area (Å²) in [6.45, 7) is 3.37. The number of nitrogens with one attached hydrogen (secondary N) is 1. The fourth-order valence-electron chi connectivity index (χ4n) is 4.06. The summed E-state index contributed by atoms with van der Waals surface area (Å²) in [5.74, 6) is 0.859. The molecule has 2 aliphatic rings. The average Bonchev–Trinajstić information content (AvgIpc) is 2.82. The number of hydrogen-bond donors (Lipinski definition) is 1. The van der Waals surface area contributed by atoms with Crippen molar-refractivity contribution >= 4 is 17.0 Å². The van der Waals surface area contributed by atoms with E-state index in [0.29, 0.717) is 6.04 Å². The molecule has 1 aromatic heterocycles. The van der Waals surface area contributed by atoms with Crippen LogP contribution in [-0.4, -0.2) is 4.57 Å². The number of rotatable bonds is 1. The molecule has 1 aromatic carbocycles. The standard InChI is InChI=1S/C18H22N2/c1-13-5-4-6-14(11-13)20-17-8-3-2-7-15(17)16-9-10-19-12-18(16)20/h2-3,7-10,13-14,19H,4-6,11-12H2,1H3. The van der Waals surface area contributed by atoms with Gasteiger partial charge in [-0.15, -0.1) is 0 Å². The summed E-state index contributed by atoms with van der Waals surface area (Å²) in [6, 6.07) is 9.58. The topological polar surface area (TPSA) is 17.0 Å². The molecule has 0 spiro atoms. The van der Waals surface area contributed by atoms with Crippen molar-refractivity contribution in [1.29, 1.82) is 0 Å². The van der Waals surface area contributed by atoms with Crippen LogP contribution in [0.15, 0.2) is 30.5 Å². The molecule has 1 saturated carbocycles. The third kappa shape index (κ3) is 1.78. The van der Waals surface area contributed by atoms with Crippen molar-refractivity contribution in [2.24, 2.45) is 5.92 Å². The maximum atomic E-state index is 3.39. The minimum absolute atomic E-state index is 0.681. The molecule has 2 atom stereocenters. The maximum Gasteiger partial charge on any atom is 0.0554 e. The third-order valence-electron chi connectivity index (χ3n) is 4.97. The van der Waals surface area contributed by atoms with Gasteiger partial charge in [0, 0.05) is 28.2 Å². The van der Waals surface area contributed by atoms with Gasteiger partial charge in [-0.05, 0) is 37.1 Å². The number of para-hydroxylation sites is 1. The van der Waals surface area contributed by atoms with Crippen molar-refractivity contribution < 1.29 is 0 Å². The molecule has 1 N–H and O–H groups in total. The molecule has 1 aliphatic heterocycles. The lowest BCUT2D eigenvalue weighted by atomic mass is 9.86. The van der Waals surface area contributed by atoms with E-state index < -0.39 is 0 Å². The summed E-state index contributed by atoms with van der Waals surface area (Å²) in [5.41, 5.74) is 4.33. The van der Waals surface area contributed by atoms with Crippen LogP contribution in [0.2, 0.25) is 0 Å². The van der Waals surface area contributed by atoms with Crippen LogP contribution < -0.4 is 5.32 Å². The Hall–Kier alpha value is -1.70. The van der Waals surface area contributed by atoms with E-state index >= 15 is 0 Å². The van der Waals surface area contributed by atoms with Gasteiger partial charge in [0.05, 0.1) is 6.54 Å². The van der Waals surface area contributed by atoms with E-state index in [1.54, 1.807) is 0 Å². The van der Waals surface area contributed by atoms with Gasteiger partial charge in [0.15, 0.2) is 0 Å². The Morgan fingerprint density at radius 3 is 3.00 bits per heavy atom. The van der Waals surface area contributed by atoms with Crippen molar-refractivity contribution in [3.05, 3.63) is 41.7 Å². The zero-order valence-corrected chi connectivity index (χ0v) is 12.1. The van der Waals surface area contributed by atoms with Crippen molar-refractivity contribution in [2.75, 3.05) is 0 Å². The van der Waals surface area contributed by atoms with Crippen molar-refractivity contribution in [1.82, 2.24) is 9.88 Å². The molecule has 2 nitrogen and oxygen atoms in total. The normalized spacial score (nSPS) is 25.4. The molecule has 104 valence electrons. The van der Waals surface area contributed by atoms with Crippen molar-refractivity contribution in [2.45, 2.75) is 45.2 Å². The quantitative estimate of drug-likeness (QED) is 0.806. The first kappa shape index (κ1) is 12.1. The Labute approximate surface area is 120 Å². The first-order valence-electron chi connectivity index (χ1n) is 7.86. The number of hydrogen-bond acceptors (Lipinski definition) is 1. The molecule has 0 bridgehead atoms. The van der Waals surface area contributed by atoms with Crippen LogP contribution in [0, 0.1) is 5.92 Å². The second-order valence-corrected chi connectivity index (χ2v) is 6.39. The molecule has 4 rings (SSSR count). The van der Waals surface area contributed by atoms with Gasteiger partial charge < -0.3 is 9.88 Å². The van der Waals surface area contributed by atoms with Gasteiger partial charge in [-0.1, -0.05) is 38.0 Å². The van der Waals surface area contributed by atoms with Crippen LogP contribution >= 0.6 is 0 Å². The molecule has 0 saturated heterocycles. The minimum atomic E-state index is 0.681. The summed E-state index contributed by atoms with van der Waals surface area (Å²) in [6.07, 6.45) is 9.76. The number of aromatic nitrogens is 1. The van der Waals surface area contributed by atoms with E-state index in [1.807, 2.05) is 0 Å². The minimum Gasteiger partial charge on any atom is -0.385 e. The molecular weight excluding hydrogens is 244 g/mol. The Balaban J connectivity index is 1.91. The van der Waals surface area contributed by atoms with E-state index in [9.17, 15) is 0 Å². The summed E-state index contributed by atoms with van der Waals surface area (Å²) in [4.78, 5) is 0. The molecule has 0 amide bonds. The highest BCUT2D eigenvalue weighted by Gasteiger charge is 2.26. The van der Waals surface area contributed by atoms with Crippen LogP contribution in [0.25, 0.3) is 17.0 Å². The van der Waals surface area contributed by atoms with Gasteiger partial charge in [0.25, 0.3) is 0 Å². The van der Waals surface area contributed by atoms with E-state index in [1.165, 1.54) is 47.8 Å². The predicted octanol–water partition coefficient (Wildman–Crippen LogP) is 4.47. The molecule has 2 heteroatoms. The fourth-order valence-corrected chi connectivity index (χ4v) is 4.06. The number of fused-ring (bicyclic) bond motifs is 3. The molecule has 2 heterocycles. The zero-order chi connectivity index (χ0) is 13.5. The van der Waals surface area contributed by atoms with Gasteiger partial charge >= 0.3 is 0 Å². The van der Waals surface area contributed by atoms with E-state index in [4.69, 9.17) is 0 Å². The van der Waals surface area contributed by atoms with Gasteiger partial charge in [-0.25, -0.2) is 0 Å². The maximum absolute atomic E-state index is 3.39. The Morgan fingerprint density at radius 2 is 2.10 bits per heavy atom. The molecule has 2 aromatic rings. The van der Waals surface area contributed by atoms with E-state index in [-0.39, 0.29) is 0 Å².